The second-order valence-corrected chi connectivity index (χ2v) is 6.25. The third-order valence-corrected chi connectivity index (χ3v) is 3.68. The third kappa shape index (κ3) is 4.83. The molecular weight excluding hydrogens is 328 g/mol. The number of rotatable bonds is 6. The van der Waals surface area contributed by atoms with Crippen molar-refractivity contribution in [3.8, 4) is 5.88 Å². The summed E-state index contributed by atoms with van der Waals surface area (Å²) in [4.78, 5) is 4.59. The first-order chi connectivity index (χ1) is 10.1. The van der Waals surface area contributed by atoms with Crippen LogP contribution in [0.1, 0.15) is 36.6 Å². The zero-order valence-corrected chi connectivity index (χ0v) is 14.3. The van der Waals surface area contributed by atoms with Gasteiger partial charge in [0.25, 0.3) is 0 Å². The first-order valence-electron chi connectivity index (χ1n) is 7.11. The Bertz CT molecular complexity index is 582. The molecule has 2 aromatic rings. The van der Waals surface area contributed by atoms with Crippen LogP contribution in [0, 0.1) is 0 Å². The molecule has 0 atom stereocenters. The molecule has 2 rings (SSSR count). The molecule has 0 amide bonds. The molecule has 1 aromatic carbocycles. The van der Waals surface area contributed by atoms with E-state index in [0.717, 1.165) is 22.3 Å². The fourth-order valence-corrected chi connectivity index (χ4v) is 2.26. The summed E-state index contributed by atoms with van der Waals surface area (Å²) in [5.41, 5.74) is 3.39. The summed E-state index contributed by atoms with van der Waals surface area (Å²) in [5, 5.41) is 3.17. The average Bonchev–Trinajstić information content (AvgIpc) is 2.47. The normalized spacial score (nSPS) is 10.9. The van der Waals surface area contributed by atoms with Crippen LogP contribution >= 0.6 is 15.9 Å². The van der Waals surface area contributed by atoms with Crippen molar-refractivity contribution < 1.29 is 4.74 Å². The Morgan fingerprint density at radius 1 is 1.14 bits per heavy atom. The van der Waals surface area contributed by atoms with Crippen LogP contribution in [0.25, 0.3) is 0 Å². The average molecular weight is 349 g/mol. The smallest absolute Gasteiger partial charge is 0.214 e. The Morgan fingerprint density at radius 2 is 1.86 bits per heavy atom. The van der Waals surface area contributed by atoms with E-state index in [-0.39, 0.29) is 0 Å². The predicted octanol–water partition coefficient (Wildman–Crippen LogP) is 4.27. The highest BCUT2D eigenvalue weighted by Crippen LogP contribution is 2.20. The molecule has 1 heterocycles. The monoisotopic (exact) mass is 348 g/mol. The van der Waals surface area contributed by atoms with Crippen LogP contribution in [0.3, 0.4) is 0 Å². The van der Waals surface area contributed by atoms with Crippen molar-refractivity contribution in [3.05, 3.63) is 57.7 Å². The zero-order chi connectivity index (χ0) is 15.2. The highest BCUT2D eigenvalue weighted by atomic mass is 79.9. The Labute approximate surface area is 134 Å². The number of benzene rings is 1. The highest BCUT2D eigenvalue weighted by Gasteiger charge is 2.07. The molecule has 112 valence electrons. The fourth-order valence-electron chi connectivity index (χ4n) is 2.00. The van der Waals surface area contributed by atoms with Crippen molar-refractivity contribution in [1.29, 1.82) is 0 Å². The molecule has 0 aliphatic carbocycles. The van der Waals surface area contributed by atoms with Crippen LogP contribution in [0.4, 0.5) is 0 Å². The molecule has 0 radical (unpaired) electrons. The molecule has 0 fully saturated rings. The van der Waals surface area contributed by atoms with Crippen molar-refractivity contribution in [2.24, 2.45) is 0 Å². The number of nitrogens with one attached hydrogen (secondary N) is 1. The number of aromatic nitrogens is 1. The van der Waals surface area contributed by atoms with Gasteiger partial charge in [0.05, 0.1) is 0 Å². The van der Waals surface area contributed by atoms with E-state index >= 15 is 0 Å². The molecule has 0 unspecified atom stereocenters. The number of hydrogen-bond donors (Lipinski definition) is 1. The minimum absolute atomic E-state index is 0.386. The van der Waals surface area contributed by atoms with Gasteiger partial charge in [0.15, 0.2) is 0 Å². The Morgan fingerprint density at radius 3 is 2.48 bits per heavy atom. The Hall–Kier alpha value is -1.39. The second-order valence-electron chi connectivity index (χ2n) is 5.34. The molecule has 0 spiro atoms. The van der Waals surface area contributed by atoms with Gasteiger partial charge < -0.3 is 10.1 Å². The number of halogens is 1. The van der Waals surface area contributed by atoms with Gasteiger partial charge in [-0.15, -0.1) is 0 Å². The second kappa shape index (κ2) is 7.57. The lowest BCUT2D eigenvalue weighted by Gasteiger charge is -2.12. The Kier molecular flexibility index (Phi) is 5.76. The predicted molar refractivity (Wildman–Crippen MR) is 89.6 cm³/mol. The summed E-state index contributed by atoms with van der Waals surface area (Å²) >= 11 is 3.43. The molecule has 0 aliphatic heterocycles. The maximum atomic E-state index is 5.86. The van der Waals surface area contributed by atoms with Crippen LogP contribution in [0.2, 0.25) is 0 Å². The topological polar surface area (TPSA) is 34.1 Å². The Balaban J connectivity index is 2.12. The minimum Gasteiger partial charge on any atom is -0.473 e. The zero-order valence-electron chi connectivity index (χ0n) is 12.7. The molecule has 0 aliphatic rings. The van der Waals surface area contributed by atoms with E-state index in [9.17, 15) is 0 Å². The van der Waals surface area contributed by atoms with Crippen molar-refractivity contribution in [2.75, 3.05) is 7.05 Å². The van der Waals surface area contributed by atoms with Gasteiger partial charge in [-0.25, -0.2) is 4.98 Å². The molecular formula is C17H21BrN2O. The first kappa shape index (κ1) is 16.0. The van der Waals surface area contributed by atoms with Gasteiger partial charge >= 0.3 is 0 Å². The van der Waals surface area contributed by atoms with E-state index in [1.807, 2.05) is 37.4 Å². The molecule has 0 bridgehead atoms. The number of ether oxygens (including phenoxy) is 1. The standard InChI is InChI=1S/C17H21BrN2O/c1-12(2)16-8-14(10-19-3)9-17(20-16)21-11-13-4-6-15(18)7-5-13/h4-9,12,19H,10-11H2,1-3H3. The van der Waals surface area contributed by atoms with E-state index in [0.29, 0.717) is 18.4 Å². The fraction of sp³-hybridized carbons (Fsp3) is 0.353. The van der Waals surface area contributed by atoms with Gasteiger partial charge in [0.2, 0.25) is 5.88 Å². The van der Waals surface area contributed by atoms with Crippen molar-refractivity contribution in [2.45, 2.75) is 32.9 Å². The van der Waals surface area contributed by atoms with E-state index in [1.165, 1.54) is 5.56 Å². The number of hydrogen-bond acceptors (Lipinski definition) is 3. The molecule has 0 saturated carbocycles. The van der Waals surface area contributed by atoms with Crippen LogP contribution in [0.15, 0.2) is 40.9 Å². The number of pyridine rings is 1. The maximum absolute atomic E-state index is 5.86. The lowest BCUT2D eigenvalue weighted by atomic mass is 10.1. The van der Waals surface area contributed by atoms with Crippen molar-refractivity contribution in [1.82, 2.24) is 10.3 Å². The van der Waals surface area contributed by atoms with Gasteiger partial charge in [-0.3, -0.25) is 0 Å². The summed E-state index contributed by atoms with van der Waals surface area (Å²) in [6.07, 6.45) is 0. The summed E-state index contributed by atoms with van der Waals surface area (Å²) < 4.78 is 6.93. The van der Waals surface area contributed by atoms with E-state index in [2.05, 4.69) is 46.1 Å². The highest BCUT2D eigenvalue weighted by molar-refractivity contribution is 9.10. The maximum Gasteiger partial charge on any atom is 0.214 e. The molecule has 4 heteroatoms. The van der Waals surface area contributed by atoms with Gasteiger partial charge in [0.1, 0.15) is 6.61 Å². The SMILES string of the molecule is CNCc1cc(OCc2ccc(Br)cc2)nc(C(C)C)c1. The van der Waals surface area contributed by atoms with Crippen LogP contribution in [-0.2, 0) is 13.2 Å². The summed E-state index contributed by atoms with van der Waals surface area (Å²) in [5.74, 6) is 1.08. The third-order valence-electron chi connectivity index (χ3n) is 3.15. The quantitative estimate of drug-likeness (QED) is 0.846. The van der Waals surface area contributed by atoms with Gasteiger partial charge in [-0.05, 0) is 42.3 Å². The number of nitrogens with zero attached hydrogens (tertiary/aromatic N) is 1. The van der Waals surface area contributed by atoms with Crippen LogP contribution < -0.4 is 10.1 Å². The summed E-state index contributed by atoms with van der Waals surface area (Å²) in [7, 11) is 1.94. The molecule has 0 saturated heterocycles. The van der Waals surface area contributed by atoms with E-state index in [4.69, 9.17) is 4.74 Å². The minimum atomic E-state index is 0.386. The van der Waals surface area contributed by atoms with Crippen LogP contribution in [-0.4, -0.2) is 12.0 Å². The lowest BCUT2D eigenvalue weighted by molar-refractivity contribution is 0.292. The molecule has 21 heavy (non-hydrogen) atoms. The van der Waals surface area contributed by atoms with Gasteiger partial charge in [-0.2, -0.15) is 0 Å². The molecule has 1 aromatic heterocycles. The lowest BCUT2D eigenvalue weighted by Crippen LogP contribution is -2.08. The van der Waals surface area contributed by atoms with Crippen molar-refractivity contribution in [3.63, 3.8) is 0 Å². The van der Waals surface area contributed by atoms with E-state index < -0.39 is 0 Å². The largest absolute Gasteiger partial charge is 0.473 e. The van der Waals surface area contributed by atoms with E-state index in [1.54, 1.807) is 0 Å². The van der Waals surface area contributed by atoms with Gasteiger partial charge in [0, 0.05) is 22.8 Å². The molecule has 3 nitrogen and oxygen atoms in total. The van der Waals surface area contributed by atoms with Crippen molar-refractivity contribution >= 4 is 15.9 Å². The first-order valence-corrected chi connectivity index (χ1v) is 7.90. The summed E-state index contributed by atoms with van der Waals surface area (Å²) in [6, 6.07) is 12.3. The van der Waals surface area contributed by atoms with Crippen LogP contribution in [0.5, 0.6) is 5.88 Å². The molecule has 1 N–H and O–H groups in total. The summed E-state index contributed by atoms with van der Waals surface area (Å²) in [6.45, 7) is 5.63. The van der Waals surface area contributed by atoms with Gasteiger partial charge in [-0.1, -0.05) is 41.9 Å².